The number of rotatable bonds is 6. The summed E-state index contributed by atoms with van der Waals surface area (Å²) >= 11 is 0. The lowest BCUT2D eigenvalue weighted by atomic mass is 10.1. The normalized spacial score (nSPS) is 10.4. The van der Waals surface area contributed by atoms with Gasteiger partial charge in [0.1, 0.15) is 17.2 Å². The third-order valence-electron chi connectivity index (χ3n) is 4.50. The fraction of sp³-hybridized carbons (Fsp3) is 0.227. The Kier molecular flexibility index (Phi) is 5.97. The maximum Gasteiger partial charge on any atom is 0.274 e. The molecule has 29 heavy (non-hydrogen) atoms. The molecule has 0 atom stereocenters. The van der Waals surface area contributed by atoms with Gasteiger partial charge in [0.2, 0.25) is 5.95 Å². The van der Waals surface area contributed by atoms with E-state index in [2.05, 4.69) is 27.5 Å². The number of benzene rings is 2. The summed E-state index contributed by atoms with van der Waals surface area (Å²) in [5.41, 5.74) is 4.64. The highest BCUT2D eigenvalue weighted by atomic mass is 16.5. The first-order chi connectivity index (χ1) is 13.9. The minimum absolute atomic E-state index is 0.244. The number of anilines is 3. The fourth-order valence-corrected chi connectivity index (χ4v) is 2.79. The Morgan fingerprint density at radius 3 is 2.38 bits per heavy atom. The number of methoxy groups -OCH3 is 2. The quantitative estimate of drug-likeness (QED) is 0.646. The minimum Gasteiger partial charge on any atom is -0.497 e. The van der Waals surface area contributed by atoms with Crippen LogP contribution in [0.15, 0.2) is 42.5 Å². The van der Waals surface area contributed by atoms with Crippen LogP contribution in [0.1, 0.15) is 27.3 Å². The highest BCUT2D eigenvalue weighted by Crippen LogP contribution is 2.29. The van der Waals surface area contributed by atoms with Crippen molar-refractivity contribution in [1.29, 1.82) is 0 Å². The van der Waals surface area contributed by atoms with E-state index in [0.717, 1.165) is 11.3 Å². The molecule has 3 aromatic rings. The van der Waals surface area contributed by atoms with Crippen molar-refractivity contribution in [1.82, 2.24) is 9.97 Å². The Bertz CT molecular complexity index is 1050. The van der Waals surface area contributed by atoms with Crippen LogP contribution in [0, 0.1) is 20.8 Å². The van der Waals surface area contributed by atoms with Gasteiger partial charge >= 0.3 is 0 Å². The zero-order valence-electron chi connectivity index (χ0n) is 17.2. The van der Waals surface area contributed by atoms with Gasteiger partial charge in [0.15, 0.2) is 0 Å². The molecule has 0 unspecified atom stereocenters. The van der Waals surface area contributed by atoms with Crippen molar-refractivity contribution in [3.8, 4) is 11.5 Å². The number of ether oxygens (including phenoxy) is 2. The van der Waals surface area contributed by atoms with E-state index >= 15 is 0 Å². The van der Waals surface area contributed by atoms with Crippen LogP contribution in [0.4, 0.5) is 17.3 Å². The smallest absolute Gasteiger partial charge is 0.274 e. The van der Waals surface area contributed by atoms with E-state index < -0.39 is 0 Å². The molecule has 0 aliphatic carbocycles. The lowest BCUT2D eigenvalue weighted by Crippen LogP contribution is -2.16. The molecular weight excluding hydrogens is 368 g/mol. The third-order valence-corrected chi connectivity index (χ3v) is 4.50. The molecule has 1 aromatic heterocycles. The van der Waals surface area contributed by atoms with Crippen molar-refractivity contribution in [2.45, 2.75) is 20.8 Å². The van der Waals surface area contributed by atoms with Crippen LogP contribution in [0.25, 0.3) is 0 Å². The van der Waals surface area contributed by atoms with Crippen LogP contribution >= 0.6 is 0 Å². The monoisotopic (exact) mass is 392 g/mol. The molecule has 0 saturated carbocycles. The summed E-state index contributed by atoms with van der Waals surface area (Å²) < 4.78 is 10.5. The summed E-state index contributed by atoms with van der Waals surface area (Å²) in [6, 6.07) is 12.8. The van der Waals surface area contributed by atoms with E-state index in [-0.39, 0.29) is 11.6 Å². The van der Waals surface area contributed by atoms with E-state index in [1.54, 1.807) is 31.4 Å². The second-order valence-corrected chi connectivity index (χ2v) is 6.66. The molecular formula is C22H24N4O3. The van der Waals surface area contributed by atoms with E-state index in [0.29, 0.717) is 28.8 Å². The molecule has 3 rings (SSSR count). The number of aryl methyl sites for hydroxylation is 3. The molecule has 1 amide bonds. The highest BCUT2D eigenvalue weighted by Gasteiger charge is 2.14. The van der Waals surface area contributed by atoms with Crippen molar-refractivity contribution in [3.05, 3.63) is 65.0 Å². The topological polar surface area (TPSA) is 85.4 Å². The molecule has 0 aliphatic rings. The number of nitrogens with one attached hydrogen (secondary N) is 2. The zero-order chi connectivity index (χ0) is 21.0. The van der Waals surface area contributed by atoms with E-state index in [4.69, 9.17) is 9.47 Å². The van der Waals surface area contributed by atoms with Crippen molar-refractivity contribution >= 4 is 23.2 Å². The van der Waals surface area contributed by atoms with Crippen molar-refractivity contribution in [3.63, 3.8) is 0 Å². The average molecular weight is 392 g/mol. The maximum atomic E-state index is 12.8. The van der Waals surface area contributed by atoms with E-state index in [1.807, 2.05) is 32.0 Å². The Morgan fingerprint density at radius 2 is 1.69 bits per heavy atom. The summed E-state index contributed by atoms with van der Waals surface area (Å²) in [5.74, 6) is 1.12. The lowest BCUT2D eigenvalue weighted by Gasteiger charge is -2.13. The van der Waals surface area contributed by atoms with E-state index in [9.17, 15) is 4.79 Å². The summed E-state index contributed by atoms with van der Waals surface area (Å²) in [7, 11) is 3.10. The first-order valence-electron chi connectivity index (χ1n) is 9.13. The fourth-order valence-electron chi connectivity index (χ4n) is 2.79. The van der Waals surface area contributed by atoms with Gasteiger partial charge in [-0.05, 0) is 62.2 Å². The molecule has 150 valence electrons. The summed E-state index contributed by atoms with van der Waals surface area (Å²) in [4.78, 5) is 21.6. The lowest BCUT2D eigenvalue weighted by molar-refractivity contribution is 0.102. The van der Waals surface area contributed by atoms with Gasteiger partial charge in [-0.1, -0.05) is 6.07 Å². The van der Waals surface area contributed by atoms with Gasteiger partial charge in [-0.2, -0.15) is 0 Å². The van der Waals surface area contributed by atoms with Gasteiger partial charge in [-0.3, -0.25) is 4.79 Å². The molecule has 0 spiro atoms. The third kappa shape index (κ3) is 4.82. The van der Waals surface area contributed by atoms with E-state index in [1.165, 1.54) is 12.7 Å². The van der Waals surface area contributed by atoms with Crippen molar-refractivity contribution < 1.29 is 14.3 Å². The standard InChI is InChI=1S/C22H24N4O3/c1-13-6-7-16(10-14(13)2)24-22-23-15(3)11-19(26-22)21(27)25-18-12-17(28-4)8-9-20(18)29-5/h6-12H,1-5H3,(H,25,27)(H,23,24,26). The summed E-state index contributed by atoms with van der Waals surface area (Å²) in [6.45, 7) is 5.91. The Labute approximate surface area is 170 Å². The number of hydrogen-bond donors (Lipinski definition) is 2. The second-order valence-electron chi connectivity index (χ2n) is 6.66. The molecule has 2 aromatic carbocycles. The van der Waals surface area contributed by atoms with Crippen LogP contribution in [0.3, 0.4) is 0 Å². The number of nitrogens with zero attached hydrogens (tertiary/aromatic N) is 2. The number of carbonyl (C=O) groups excluding carboxylic acids is 1. The molecule has 2 N–H and O–H groups in total. The number of hydrogen-bond acceptors (Lipinski definition) is 6. The van der Waals surface area contributed by atoms with Gasteiger partial charge in [0.05, 0.1) is 19.9 Å². The number of aromatic nitrogens is 2. The van der Waals surface area contributed by atoms with Crippen LogP contribution in [-0.2, 0) is 0 Å². The van der Waals surface area contributed by atoms with Crippen LogP contribution < -0.4 is 20.1 Å². The molecule has 0 saturated heterocycles. The first kappa shape index (κ1) is 20.1. The molecule has 0 fully saturated rings. The molecule has 1 heterocycles. The van der Waals surface area contributed by atoms with Crippen LogP contribution in [0.2, 0.25) is 0 Å². The SMILES string of the molecule is COc1ccc(OC)c(NC(=O)c2cc(C)nc(Nc3ccc(C)c(C)c3)n2)c1. The van der Waals surface area contributed by atoms with Crippen molar-refractivity contribution in [2.24, 2.45) is 0 Å². The van der Waals surface area contributed by atoms with Gasteiger partial charge in [0.25, 0.3) is 5.91 Å². The predicted molar refractivity (Wildman–Crippen MR) is 113 cm³/mol. The predicted octanol–water partition coefficient (Wildman–Crippen LogP) is 4.41. The first-order valence-corrected chi connectivity index (χ1v) is 9.13. The number of amides is 1. The second kappa shape index (κ2) is 8.60. The summed E-state index contributed by atoms with van der Waals surface area (Å²) in [5, 5.41) is 5.99. The van der Waals surface area contributed by atoms with Gasteiger partial charge < -0.3 is 20.1 Å². The summed E-state index contributed by atoms with van der Waals surface area (Å²) in [6.07, 6.45) is 0. The minimum atomic E-state index is -0.370. The van der Waals surface area contributed by atoms with Crippen LogP contribution in [0.5, 0.6) is 11.5 Å². The number of carbonyl (C=O) groups is 1. The zero-order valence-corrected chi connectivity index (χ0v) is 17.2. The largest absolute Gasteiger partial charge is 0.497 e. The van der Waals surface area contributed by atoms with Crippen LogP contribution in [-0.4, -0.2) is 30.1 Å². The Balaban J connectivity index is 1.85. The Hall–Kier alpha value is -3.61. The highest BCUT2D eigenvalue weighted by molar-refractivity contribution is 6.04. The van der Waals surface area contributed by atoms with Gasteiger partial charge in [0, 0.05) is 17.4 Å². The maximum absolute atomic E-state index is 12.8. The molecule has 0 bridgehead atoms. The van der Waals surface area contributed by atoms with Gasteiger partial charge in [-0.15, -0.1) is 0 Å². The van der Waals surface area contributed by atoms with Gasteiger partial charge in [-0.25, -0.2) is 9.97 Å². The molecule has 0 aliphatic heterocycles. The Morgan fingerprint density at radius 1 is 0.897 bits per heavy atom. The van der Waals surface area contributed by atoms with Crippen molar-refractivity contribution in [2.75, 3.05) is 24.9 Å². The average Bonchev–Trinajstić information content (AvgIpc) is 2.70. The molecule has 0 radical (unpaired) electrons. The molecule has 7 nitrogen and oxygen atoms in total. The molecule has 7 heteroatoms.